The third-order valence-electron chi connectivity index (χ3n) is 1.14. The van der Waals surface area contributed by atoms with Crippen LogP contribution in [0.3, 0.4) is 0 Å². The zero-order valence-corrected chi connectivity index (χ0v) is 8.33. The van der Waals surface area contributed by atoms with Crippen molar-refractivity contribution in [3.63, 3.8) is 0 Å². The van der Waals surface area contributed by atoms with Crippen molar-refractivity contribution in [2.45, 2.75) is 0 Å². The summed E-state index contributed by atoms with van der Waals surface area (Å²) in [6.07, 6.45) is 2.29. The van der Waals surface area contributed by atoms with Crippen molar-refractivity contribution in [3.05, 3.63) is 16.4 Å². The van der Waals surface area contributed by atoms with Crippen molar-refractivity contribution in [1.82, 2.24) is 15.5 Å². The van der Waals surface area contributed by atoms with E-state index in [1.54, 1.807) is 6.20 Å². The normalized spacial score (nSPS) is 10.3. The van der Waals surface area contributed by atoms with Crippen molar-refractivity contribution in [2.75, 3.05) is 7.05 Å². The summed E-state index contributed by atoms with van der Waals surface area (Å²) >= 11 is 3.21. The lowest BCUT2D eigenvalue weighted by atomic mass is 10.5. The molecular formula is C6H7BrN4O2. The fourth-order valence-corrected chi connectivity index (χ4v) is 0.838. The number of nitrogens with one attached hydrogen (secondary N) is 2. The zero-order valence-electron chi connectivity index (χ0n) is 6.74. The monoisotopic (exact) mass is 246 g/mol. The molecule has 0 saturated heterocycles. The molecule has 0 fully saturated rings. The Morgan fingerprint density at radius 1 is 1.92 bits per heavy atom. The third-order valence-corrected chi connectivity index (χ3v) is 1.77. The Hall–Kier alpha value is -1.37. The van der Waals surface area contributed by atoms with Crippen LogP contribution >= 0.6 is 15.9 Å². The summed E-state index contributed by atoms with van der Waals surface area (Å²) in [6.45, 7) is 0. The molecule has 0 aliphatic heterocycles. The van der Waals surface area contributed by atoms with Crippen LogP contribution in [0.25, 0.3) is 0 Å². The van der Waals surface area contributed by atoms with Crippen LogP contribution in [0.5, 0.6) is 0 Å². The molecular weight excluding hydrogens is 240 g/mol. The van der Waals surface area contributed by atoms with Crippen LogP contribution in [0.15, 0.2) is 15.8 Å². The van der Waals surface area contributed by atoms with Gasteiger partial charge in [0.25, 0.3) is 0 Å². The molecule has 1 aromatic heterocycles. The standard InChI is InChI=1S/C6H7BrN4O2/c1-8-6(12)13-10-3-5-4(7)2-9-11-5/h2-3H,1H3,(H,8,12)(H,9,11)/b10-3+. The topological polar surface area (TPSA) is 79.4 Å². The Morgan fingerprint density at radius 3 is 3.23 bits per heavy atom. The Bertz CT molecular complexity index is 322. The molecule has 0 atom stereocenters. The number of nitrogens with zero attached hydrogens (tertiary/aromatic N) is 2. The summed E-state index contributed by atoms with van der Waals surface area (Å²) in [5.41, 5.74) is 0.629. The van der Waals surface area contributed by atoms with Crippen LogP contribution in [-0.4, -0.2) is 29.6 Å². The highest BCUT2D eigenvalue weighted by molar-refractivity contribution is 9.10. The summed E-state index contributed by atoms with van der Waals surface area (Å²) in [5.74, 6) is 0. The molecule has 7 heteroatoms. The molecule has 0 aromatic carbocycles. The van der Waals surface area contributed by atoms with E-state index in [9.17, 15) is 4.79 Å². The van der Waals surface area contributed by atoms with E-state index < -0.39 is 6.09 Å². The summed E-state index contributed by atoms with van der Waals surface area (Å²) < 4.78 is 0.747. The lowest BCUT2D eigenvalue weighted by Gasteiger charge is -1.92. The third kappa shape index (κ3) is 2.86. The molecule has 0 bridgehead atoms. The van der Waals surface area contributed by atoms with E-state index in [0.717, 1.165) is 4.47 Å². The highest BCUT2D eigenvalue weighted by Crippen LogP contribution is 2.09. The molecule has 1 heterocycles. The van der Waals surface area contributed by atoms with Gasteiger partial charge in [-0.15, -0.1) is 0 Å². The second kappa shape index (κ2) is 4.61. The summed E-state index contributed by atoms with van der Waals surface area (Å²) in [7, 11) is 1.45. The minimum Gasteiger partial charge on any atom is -0.323 e. The number of carbonyl (C=O) groups is 1. The van der Waals surface area contributed by atoms with Crippen molar-refractivity contribution >= 4 is 28.2 Å². The summed E-state index contributed by atoms with van der Waals surface area (Å²) in [4.78, 5) is 14.9. The van der Waals surface area contributed by atoms with E-state index >= 15 is 0 Å². The minimum atomic E-state index is -0.619. The maximum absolute atomic E-state index is 10.5. The molecule has 2 N–H and O–H groups in total. The van der Waals surface area contributed by atoms with E-state index in [1.165, 1.54) is 13.3 Å². The Labute approximate surface area is 82.5 Å². The molecule has 0 aliphatic rings. The number of aromatic nitrogens is 2. The first kappa shape index (κ1) is 9.72. The van der Waals surface area contributed by atoms with Crippen LogP contribution in [0.2, 0.25) is 0 Å². The predicted octanol–water partition coefficient (Wildman–Crippen LogP) is 0.862. The Balaban J connectivity index is 2.50. The van der Waals surface area contributed by atoms with Gasteiger partial charge in [0.05, 0.1) is 22.6 Å². The number of amides is 1. The number of aromatic amines is 1. The van der Waals surface area contributed by atoms with Crippen LogP contribution in [-0.2, 0) is 4.84 Å². The lowest BCUT2D eigenvalue weighted by Crippen LogP contribution is -2.16. The lowest BCUT2D eigenvalue weighted by molar-refractivity contribution is 0.154. The molecule has 13 heavy (non-hydrogen) atoms. The zero-order chi connectivity index (χ0) is 9.68. The van der Waals surface area contributed by atoms with Crippen molar-refractivity contribution < 1.29 is 9.63 Å². The van der Waals surface area contributed by atoms with E-state index in [1.807, 2.05) is 0 Å². The van der Waals surface area contributed by atoms with E-state index in [4.69, 9.17) is 0 Å². The second-order valence-corrected chi connectivity index (χ2v) is 2.85. The minimum absolute atomic E-state index is 0.619. The molecule has 0 saturated carbocycles. The number of hydrogen-bond donors (Lipinski definition) is 2. The van der Waals surface area contributed by atoms with Gasteiger partial charge in [-0.3, -0.25) is 9.94 Å². The maximum atomic E-state index is 10.5. The van der Waals surface area contributed by atoms with Crippen LogP contribution in [0.1, 0.15) is 5.69 Å². The van der Waals surface area contributed by atoms with E-state index in [2.05, 4.69) is 41.4 Å². The predicted molar refractivity (Wildman–Crippen MR) is 49.4 cm³/mol. The molecule has 6 nitrogen and oxygen atoms in total. The first-order valence-corrected chi connectivity index (χ1v) is 4.14. The van der Waals surface area contributed by atoms with Gasteiger partial charge in [0.2, 0.25) is 0 Å². The fraction of sp³-hybridized carbons (Fsp3) is 0.167. The Morgan fingerprint density at radius 2 is 2.69 bits per heavy atom. The first-order chi connectivity index (χ1) is 6.24. The van der Waals surface area contributed by atoms with Crippen molar-refractivity contribution in [2.24, 2.45) is 5.16 Å². The Kier molecular flexibility index (Phi) is 3.44. The molecule has 1 rings (SSSR count). The maximum Gasteiger partial charge on any atom is 0.433 e. The quantitative estimate of drug-likeness (QED) is 0.462. The SMILES string of the molecule is CNC(=O)O/N=C/c1[nH]ncc1Br. The number of rotatable bonds is 2. The molecule has 1 aromatic rings. The number of oxime groups is 1. The molecule has 0 aliphatic carbocycles. The number of hydrogen-bond acceptors (Lipinski definition) is 4. The van der Waals surface area contributed by atoms with Gasteiger partial charge < -0.3 is 5.32 Å². The highest BCUT2D eigenvalue weighted by atomic mass is 79.9. The second-order valence-electron chi connectivity index (χ2n) is 1.99. The average Bonchev–Trinajstić information content (AvgIpc) is 2.52. The number of halogens is 1. The first-order valence-electron chi connectivity index (χ1n) is 3.35. The molecule has 0 radical (unpaired) electrons. The van der Waals surface area contributed by atoms with Gasteiger partial charge in [-0.1, -0.05) is 5.16 Å². The number of carbonyl (C=O) groups excluding carboxylic acids is 1. The fourth-order valence-electron chi connectivity index (χ4n) is 0.545. The molecule has 0 spiro atoms. The van der Waals surface area contributed by atoms with Crippen molar-refractivity contribution in [1.29, 1.82) is 0 Å². The van der Waals surface area contributed by atoms with Gasteiger partial charge in [-0.2, -0.15) is 5.10 Å². The van der Waals surface area contributed by atoms with Gasteiger partial charge in [-0.25, -0.2) is 4.79 Å². The highest BCUT2D eigenvalue weighted by Gasteiger charge is 1.98. The van der Waals surface area contributed by atoms with Gasteiger partial charge in [0, 0.05) is 7.05 Å². The molecule has 70 valence electrons. The largest absolute Gasteiger partial charge is 0.433 e. The summed E-state index contributed by atoms with van der Waals surface area (Å²) in [5, 5.41) is 12.0. The van der Waals surface area contributed by atoms with E-state index in [0.29, 0.717) is 5.69 Å². The molecule has 0 unspecified atom stereocenters. The van der Waals surface area contributed by atoms with Crippen molar-refractivity contribution in [3.8, 4) is 0 Å². The smallest absolute Gasteiger partial charge is 0.323 e. The van der Waals surface area contributed by atoms with Crippen LogP contribution in [0, 0.1) is 0 Å². The van der Waals surface area contributed by atoms with Gasteiger partial charge in [0.1, 0.15) is 0 Å². The van der Waals surface area contributed by atoms with Gasteiger partial charge in [-0.05, 0) is 15.9 Å². The van der Waals surface area contributed by atoms with Crippen LogP contribution < -0.4 is 5.32 Å². The molecule has 1 amide bonds. The van der Waals surface area contributed by atoms with Gasteiger partial charge in [0.15, 0.2) is 0 Å². The van der Waals surface area contributed by atoms with Crippen LogP contribution in [0.4, 0.5) is 4.79 Å². The average molecular weight is 247 g/mol. The van der Waals surface area contributed by atoms with Gasteiger partial charge >= 0.3 is 6.09 Å². The number of H-pyrrole nitrogens is 1. The summed E-state index contributed by atoms with van der Waals surface area (Å²) in [6, 6.07) is 0. The van der Waals surface area contributed by atoms with E-state index in [-0.39, 0.29) is 0 Å².